The maximum absolute atomic E-state index is 13.3. The van der Waals surface area contributed by atoms with E-state index in [9.17, 15) is 23.6 Å². The van der Waals surface area contributed by atoms with Crippen LogP contribution in [0.3, 0.4) is 0 Å². The fourth-order valence-electron chi connectivity index (χ4n) is 4.79. The Morgan fingerprint density at radius 2 is 1.90 bits per heavy atom. The summed E-state index contributed by atoms with van der Waals surface area (Å²) in [5.41, 5.74) is 2.38. The Morgan fingerprint density at radius 3 is 2.59 bits per heavy atom. The van der Waals surface area contributed by atoms with Crippen LogP contribution in [0.4, 0.5) is 5.00 Å². The zero-order valence-corrected chi connectivity index (χ0v) is 23.8. The molecule has 0 radical (unpaired) electrons. The third-order valence-electron chi connectivity index (χ3n) is 6.81. The summed E-state index contributed by atoms with van der Waals surface area (Å²) in [6.45, 7) is 3.18. The van der Waals surface area contributed by atoms with Crippen LogP contribution in [0.2, 0.25) is 10.0 Å². The number of nitrogens with one attached hydrogen (secondary N) is 2. The summed E-state index contributed by atoms with van der Waals surface area (Å²) in [5.74, 6) is -0.405. The van der Waals surface area contributed by atoms with Gasteiger partial charge in [0.1, 0.15) is 34.8 Å². The molecule has 0 aliphatic carbocycles. The zero-order chi connectivity index (χ0) is 27.7. The lowest BCUT2D eigenvalue weighted by Crippen LogP contribution is -3.10. The predicted molar refractivity (Wildman–Crippen MR) is 148 cm³/mol. The van der Waals surface area contributed by atoms with Crippen molar-refractivity contribution < 1.29 is 28.0 Å². The Morgan fingerprint density at radius 1 is 1.18 bits per heavy atom. The molecule has 1 saturated heterocycles. The molecule has 1 fully saturated rings. The lowest BCUT2D eigenvalue weighted by Gasteiger charge is -2.26. The van der Waals surface area contributed by atoms with E-state index in [0.29, 0.717) is 23.5 Å². The highest BCUT2D eigenvalue weighted by molar-refractivity contribution is 7.89. The van der Waals surface area contributed by atoms with Crippen LogP contribution < -0.4 is 10.2 Å². The number of anilines is 1. The molecular formula is C26H25Cl2N4O5S2+. The lowest BCUT2D eigenvalue weighted by atomic mass is 10.0. The molecule has 1 aromatic heterocycles. The minimum absolute atomic E-state index is 0.00257. The molecule has 1 atom stereocenters. The van der Waals surface area contributed by atoms with Crippen molar-refractivity contribution in [2.45, 2.75) is 24.4 Å². The average molecular weight is 609 g/mol. The van der Waals surface area contributed by atoms with Gasteiger partial charge in [0, 0.05) is 25.1 Å². The van der Waals surface area contributed by atoms with Crippen LogP contribution in [0, 0.1) is 11.3 Å². The highest BCUT2D eigenvalue weighted by atomic mass is 35.5. The molecule has 3 N–H and O–H groups in total. The van der Waals surface area contributed by atoms with Crippen LogP contribution in [-0.2, 0) is 34.3 Å². The first-order chi connectivity index (χ1) is 18.7. The number of morpholine rings is 1. The first kappa shape index (κ1) is 27.9. The van der Waals surface area contributed by atoms with Crippen LogP contribution >= 0.6 is 34.5 Å². The van der Waals surface area contributed by atoms with Crippen LogP contribution in [0.5, 0.6) is 5.75 Å². The maximum atomic E-state index is 13.3. The summed E-state index contributed by atoms with van der Waals surface area (Å²) in [7, 11) is -3.97. The van der Waals surface area contributed by atoms with E-state index in [1.807, 2.05) is 12.1 Å². The number of benzene rings is 2. The van der Waals surface area contributed by atoms with Gasteiger partial charge in [-0.25, -0.2) is 8.42 Å². The molecule has 3 aromatic rings. The van der Waals surface area contributed by atoms with Crippen molar-refractivity contribution in [3.05, 3.63) is 73.6 Å². The highest BCUT2D eigenvalue weighted by Gasteiger charge is 2.31. The monoisotopic (exact) mass is 607 g/mol. The third kappa shape index (κ3) is 5.78. The van der Waals surface area contributed by atoms with Gasteiger partial charge in [-0.05, 0) is 42.0 Å². The Balaban J connectivity index is 1.38. The molecule has 2 aliphatic heterocycles. The van der Waals surface area contributed by atoms with Gasteiger partial charge in [0.15, 0.2) is 0 Å². The molecule has 9 nitrogen and oxygen atoms in total. The molecule has 0 bridgehead atoms. The number of halogens is 2. The van der Waals surface area contributed by atoms with Crippen molar-refractivity contribution >= 4 is 55.5 Å². The number of hydrogen-bond donors (Lipinski definition) is 3. The second-order valence-electron chi connectivity index (χ2n) is 9.32. The molecule has 3 heterocycles. The van der Waals surface area contributed by atoms with Crippen molar-refractivity contribution in [3.8, 4) is 11.8 Å². The molecule has 2 aliphatic rings. The topological polar surface area (TPSA) is 124 Å². The summed E-state index contributed by atoms with van der Waals surface area (Å²) in [6, 6.07) is 11.8. The second kappa shape index (κ2) is 11.4. The molecule has 204 valence electrons. The SMILES string of the molecule is N#Cc1c(NC(=O)c2cc(S(=O)(=O)N3CCOCC3)c(Cl)cc2Cl)sc2c1CC[NH+](Cc1ccc(O)cc1)C2. The van der Waals surface area contributed by atoms with Gasteiger partial charge < -0.3 is 20.1 Å². The lowest BCUT2D eigenvalue weighted by molar-refractivity contribution is -0.929. The van der Waals surface area contributed by atoms with Crippen molar-refractivity contribution in [1.82, 2.24) is 4.31 Å². The van der Waals surface area contributed by atoms with Crippen LogP contribution in [0.25, 0.3) is 0 Å². The predicted octanol–water partition coefficient (Wildman–Crippen LogP) is 3.05. The number of carbonyl (C=O) groups is 1. The van der Waals surface area contributed by atoms with Crippen LogP contribution in [0.1, 0.15) is 31.9 Å². The summed E-state index contributed by atoms with van der Waals surface area (Å²) < 4.78 is 32.9. The second-order valence-corrected chi connectivity index (χ2v) is 13.1. The number of phenols is 1. The maximum Gasteiger partial charge on any atom is 0.257 e. The molecule has 2 aromatic carbocycles. The first-order valence-corrected chi connectivity index (χ1v) is 15.2. The minimum Gasteiger partial charge on any atom is -0.508 e. The van der Waals surface area contributed by atoms with Crippen molar-refractivity contribution in [2.24, 2.45) is 0 Å². The van der Waals surface area contributed by atoms with Crippen LogP contribution in [0.15, 0.2) is 41.3 Å². The number of ether oxygens (including phenoxy) is 1. The fourth-order valence-corrected chi connectivity index (χ4v) is 8.30. The Bertz CT molecular complexity index is 1560. The van der Waals surface area contributed by atoms with Crippen molar-refractivity contribution in [3.63, 3.8) is 0 Å². The standard InChI is InChI=1S/C26H24Cl2N4O5S2/c27-21-12-22(28)24(39(35,36)32-7-9-37-10-8-32)11-19(21)25(34)30-26-20(13-29)18-5-6-31(15-23(18)38-26)14-16-1-3-17(33)4-2-16/h1-4,11-12,33H,5-10,14-15H2,(H,30,34)/p+1. The number of phenolic OH excluding ortho intramolecular Hbond substituents is 1. The molecule has 1 amide bonds. The van der Waals surface area contributed by atoms with E-state index in [-0.39, 0.29) is 52.6 Å². The molecule has 1 unspecified atom stereocenters. The quantitative estimate of drug-likeness (QED) is 0.396. The van der Waals surface area contributed by atoms with E-state index in [1.54, 1.807) is 12.1 Å². The zero-order valence-electron chi connectivity index (χ0n) is 20.7. The number of quaternary nitrogens is 1. The number of sulfonamides is 1. The molecule has 5 rings (SSSR count). The first-order valence-electron chi connectivity index (χ1n) is 12.2. The van der Waals surface area contributed by atoms with Gasteiger partial charge in [0.05, 0.1) is 45.8 Å². The minimum atomic E-state index is -3.97. The summed E-state index contributed by atoms with van der Waals surface area (Å²) in [6.07, 6.45) is 0.682. The van der Waals surface area contributed by atoms with E-state index >= 15 is 0 Å². The smallest absolute Gasteiger partial charge is 0.257 e. The highest BCUT2D eigenvalue weighted by Crippen LogP contribution is 2.36. The van der Waals surface area contributed by atoms with Gasteiger partial charge in [0.25, 0.3) is 5.91 Å². The average Bonchev–Trinajstić information content (AvgIpc) is 3.26. The Labute approximate surface area is 240 Å². The molecule has 13 heteroatoms. The number of thiophene rings is 1. The number of carbonyl (C=O) groups excluding carboxylic acids is 1. The van der Waals surface area contributed by atoms with E-state index in [4.69, 9.17) is 27.9 Å². The van der Waals surface area contributed by atoms with Gasteiger partial charge in [-0.15, -0.1) is 11.3 Å². The van der Waals surface area contributed by atoms with Gasteiger partial charge >= 0.3 is 0 Å². The van der Waals surface area contributed by atoms with E-state index in [2.05, 4.69) is 11.4 Å². The molecule has 0 saturated carbocycles. The third-order valence-corrected chi connectivity index (χ3v) is 10.6. The Hall–Kier alpha value is -2.69. The largest absolute Gasteiger partial charge is 0.508 e. The number of nitriles is 1. The fraction of sp³-hybridized carbons (Fsp3) is 0.308. The number of fused-ring (bicyclic) bond motifs is 1. The number of rotatable bonds is 6. The molecular weight excluding hydrogens is 583 g/mol. The van der Waals surface area contributed by atoms with Crippen molar-refractivity contribution in [2.75, 3.05) is 38.2 Å². The van der Waals surface area contributed by atoms with Gasteiger partial charge in [0.2, 0.25) is 10.0 Å². The van der Waals surface area contributed by atoms with Crippen LogP contribution in [-0.4, -0.2) is 56.6 Å². The van der Waals surface area contributed by atoms with E-state index in [1.165, 1.54) is 32.7 Å². The summed E-state index contributed by atoms with van der Waals surface area (Å²) >= 11 is 13.9. The number of hydrogen-bond acceptors (Lipinski definition) is 7. The van der Waals surface area contributed by atoms with Gasteiger partial charge in [-0.3, -0.25) is 4.79 Å². The summed E-state index contributed by atoms with van der Waals surface area (Å²) in [4.78, 5) is 15.4. The van der Waals surface area contributed by atoms with E-state index in [0.717, 1.165) is 29.1 Å². The number of amides is 1. The van der Waals surface area contributed by atoms with Gasteiger partial charge in [-0.2, -0.15) is 9.57 Å². The molecule has 0 spiro atoms. The number of nitrogens with zero attached hydrogens (tertiary/aromatic N) is 2. The normalized spacial score (nSPS) is 17.8. The van der Waals surface area contributed by atoms with Crippen molar-refractivity contribution in [1.29, 1.82) is 5.26 Å². The van der Waals surface area contributed by atoms with Gasteiger partial charge in [-0.1, -0.05) is 23.2 Å². The Kier molecular flexibility index (Phi) is 8.16. The van der Waals surface area contributed by atoms with E-state index < -0.39 is 15.9 Å². The molecule has 39 heavy (non-hydrogen) atoms. The number of aromatic hydroxyl groups is 1. The summed E-state index contributed by atoms with van der Waals surface area (Å²) in [5, 5.41) is 22.5.